The fraction of sp³-hybridized carbons (Fsp3) is 0.308. The second-order valence-electron chi connectivity index (χ2n) is 3.92. The maximum absolute atomic E-state index is 11.6. The molecule has 5 nitrogen and oxygen atoms in total. The SMILES string of the molecule is O=C(OCC(=O)C1CCOC1=O)c1ccccc1. The molecule has 2 rings (SSSR count). The maximum Gasteiger partial charge on any atom is 0.338 e. The van der Waals surface area contributed by atoms with E-state index in [9.17, 15) is 14.4 Å². The van der Waals surface area contributed by atoms with Gasteiger partial charge in [0.15, 0.2) is 12.4 Å². The summed E-state index contributed by atoms with van der Waals surface area (Å²) in [6.45, 7) is -0.143. The number of carbonyl (C=O) groups is 3. The minimum absolute atomic E-state index is 0.252. The summed E-state index contributed by atoms with van der Waals surface area (Å²) in [6.07, 6.45) is 0.362. The Morgan fingerprint density at radius 1 is 1.28 bits per heavy atom. The van der Waals surface area contributed by atoms with Crippen molar-refractivity contribution in [3.05, 3.63) is 35.9 Å². The standard InChI is InChI=1S/C13H12O5/c14-11(10-6-7-17-13(10)16)8-18-12(15)9-4-2-1-3-5-9/h1-5,10H,6-8H2. The summed E-state index contributed by atoms with van der Waals surface area (Å²) in [6, 6.07) is 8.36. The van der Waals surface area contributed by atoms with E-state index in [2.05, 4.69) is 4.74 Å². The summed E-state index contributed by atoms with van der Waals surface area (Å²) < 4.78 is 9.53. The van der Waals surface area contributed by atoms with E-state index in [1.807, 2.05) is 0 Å². The van der Waals surface area contributed by atoms with Crippen LogP contribution in [0, 0.1) is 5.92 Å². The number of hydrogen-bond donors (Lipinski definition) is 0. The van der Waals surface area contributed by atoms with Crippen LogP contribution in [0.5, 0.6) is 0 Å². The van der Waals surface area contributed by atoms with Gasteiger partial charge in [-0.1, -0.05) is 18.2 Å². The van der Waals surface area contributed by atoms with Crippen LogP contribution in [0.2, 0.25) is 0 Å². The van der Waals surface area contributed by atoms with E-state index in [-0.39, 0.29) is 6.61 Å². The molecule has 1 aliphatic rings. The summed E-state index contributed by atoms with van der Waals surface area (Å²) in [4.78, 5) is 34.3. The molecule has 1 heterocycles. The van der Waals surface area contributed by atoms with Gasteiger partial charge < -0.3 is 9.47 Å². The Labute approximate surface area is 104 Å². The van der Waals surface area contributed by atoms with Gasteiger partial charge in [0, 0.05) is 6.42 Å². The van der Waals surface area contributed by atoms with Gasteiger partial charge in [-0.05, 0) is 12.1 Å². The monoisotopic (exact) mass is 248 g/mol. The third-order valence-corrected chi connectivity index (χ3v) is 2.68. The van der Waals surface area contributed by atoms with Gasteiger partial charge in [-0.2, -0.15) is 0 Å². The van der Waals surface area contributed by atoms with Crippen molar-refractivity contribution in [3.8, 4) is 0 Å². The minimum Gasteiger partial charge on any atom is -0.465 e. The van der Waals surface area contributed by atoms with Gasteiger partial charge in [0.1, 0.15) is 5.92 Å². The van der Waals surface area contributed by atoms with Gasteiger partial charge in [-0.25, -0.2) is 4.79 Å². The number of benzene rings is 1. The molecule has 1 saturated heterocycles. The average molecular weight is 248 g/mol. The summed E-state index contributed by atoms with van der Waals surface area (Å²) in [7, 11) is 0. The van der Waals surface area contributed by atoms with E-state index in [4.69, 9.17) is 4.74 Å². The Hall–Kier alpha value is -2.17. The van der Waals surface area contributed by atoms with Crippen LogP contribution in [0.25, 0.3) is 0 Å². The highest BCUT2D eigenvalue weighted by Crippen LogP contribution is 2.15. The molecule has 0 N–H and O–H groups in total. The van der Waals surface area contributed by atoms with E-state index in [0.717, 1.165) is 0 Å². The average Bonchev–Trinajstić information content (AvgIpc) is 2.83. The molecule has 1 aliphatic heterocycles. The first kappa shape index (κ1) is 12.3. The third-order valence-electron chi connectivity index (χ3n) is 2.68. The molecule has 1 fully saturated rings. The fourth-order valence-electron chi connectivity index (χ4n) is 1.68. The van der Waals surface area contributed by atoms with Crippen molar-refractivity contribution in [2.75, 3.05) is 13.2 Å². The molecule has 1 unspecified atom stereocenters. The largest absolute Gasteiger partial charge is 0.465 e. The first-order valence-electron chi connectivity index (χ1n) is 5.60. The van der Waals surface area contributed by atoms with Crippen LogP contribution >= 0.6 is 0 Å². The molecule has 0 aromatic heterocycles. The first-order valence-corrected chi connectivity index (χ1v) is 5.60. The second-order valence-corrected chi connectivity index (χ2v) is 3.92. The van der Waals surface area contributed by atoms with Crippen LogP contribution in [0.3, 0.4) is 0 Å². The number of Topliss-reactive ketones (excluding diaryl/α,β-unsaturated/α-hetero) is 1. The molecule has 0 saturated carbocycles. The predicted molar refractivity (Wildman–Crippen MR) is 60.8 cm³/mol. The number of cyclic esters (lactones) is 1. The number of rotatable bonds is 4. The smallest absolute Gasteiger partial charge is 0.338 e. The highest BCUT2D eigenvalue weighted by Gasteiger charge is 2.33. The Bertz CT molecular complexity index is 466. The molecule has 0 spiro atoms. The lowest BCUT2D eigenvalue weighted by Gasteiger charge is -2.06. The summed E-state index contributed by atoms with van der Waals surface area (Å²) in [5.74, 6) is -2.30. The molecule has 1 atom stereocenters. The van der Waals surface area contributed by atoms with E-state index in [1.165, 1.54) is 0 Å². The number of carbonyl (C=O) groups excluding carboxylic acids is 3. The molecule has 94 valence electrons. The zero-order chi connectivity index (χ0) is 13.0. The molecular formula is C13H12O5. The summed E-state index contributed by atoms with van der Waals surface area (Å²) in [5, 5.41) is 0. The van der Waals surface area contributed by atoms with Crippen molar-refractivity contribution in [3.63, 3.8) is 0 Å². The predicted octanol–water partition coefficient (Wildman–Crippen LogP) is 0.976. The van der Waals surface area contributed by atoms with Gasteiger partial charge >= 0.3 is 11.9 Å². The number of ether oxygens (including phenoxy) is 2. The highest BCUT2D eigenvalue weighted by molar-refractivity contribution is 6.01. The first-order chi connectivity index (χ1) is 8.68. The van der Waals surface area contributed by atoms with Crippen LogP contribution in [0.4, 0.5) is 0 Å². The second kappa shape index (κ2) is 5.44. The highest BCUT2D eigenvalue weighted by atomic mass is 16.5. The van der Waals surface area contributed by atoms with Crippen molar-refractivity contribution in [2.24, 2.45) is 5.92 Å². The molecule has 0 aliphatic carbocycles. The van der Waals surface area contributed by atoms with Crippen LogP contribution in [0.15, 0.2) is 30.3 Å². The zero-order valence-corrected chi connectivity index (χ0v) is 9.63. The third kappa shape index (κ3) is 2.74. The number of ketones is 1. The van der Waals surface area contributed by atoms with Crippen LogP contribution in [-0.4, -0.2) is 30.9 Å². The van der Waals surface area contributed by atoms with Crippen LogP contribution in [-0.2, 0) is 19.1 Å². The maximum atomic E-state index is 11.6. The molecular weight excluding hydrogens is 236 g/mol. The van der Waals surface area contributed by atoms with E-state index < -0.39 is 30.2 Å². The van der Waals surface area contributed by atoms with Gasteiger partial charge in [0.2, 0.25) is 0 Å². The lowest BCUT2D eigenvalue weighted by molar-refractivity contribution is -0.145. The normalized spacial score (nSPS) is 18.2. The molecule has 18 heavy (non-hydrogen) atoms. The van der Waals surface area contributed by atoms with E-state index >= 15 is 0 Å². The lowest BCUT2D eigenvalue weighted by atomic mass is 10.0. The van der Waals surface area contributed by atoms with Gasteiger partial charge in [-0.15, -0.1) is 0 Å². The molecule has 0 amide bonds. The van der Waals surface area contributed by atoms with Crippen LogP contribution in [0.1, 0.15) is 16.8 Å². The van der Waals surface area contributed by atoms with Crippen LogP contribution < -0.4 is 0 Å². The topological polar surface area (TPSA) is 69.7 Å². The van der Waals surface area contributed by atoms with Crippen molar-refractivity contribution in [1.29, 1.82) is 0 Å². The van der Waals surface area contributed by atoms with Crippen molar-refractivity contribution < 1.29 is 23.9 Å². The van der Waals surface area contributed by atoms with Gasteiger partial charge in [0.05, 0.1) is 12.2 Å². The number of esters is 2. The minimum atomic E-state index is -0.784. The summed E-state index contributed by atoms with van der Waals surface area (Å²) >= 11 is 0. The van der Waals surface area contributed by atoms with Gasteiger partial charge in [0.25, 0.3) is 0 Å². The van der Waals surface area contributed by atoms with Gasteiger partial charge in [-0.3, -0.25) is 9.59 Å². The fourth-order valence-corrected chi connectivity index (χ4v) is 1.68. The van der Waals surface area contributed by atoms with Crippen molar-refractivity contribution in [2.45, 2.75) is 6.42 Å². The lowest BCUT2D eigenvalue weighted by Crippen LogP contribution is -2.25. The van der Waals surface area contributed by atoms with E-state index in [1.54, 1.807) is 30.3 Å². The molecule has 1 aromatic carbocycles. The Morgan fingerprint density at radius 3 is 2.61 bits per heavy atom. The Balaban J connectivity index is 1.86. The Kier molecular flexibility index (Phi) is 3.72. The van der Waals surface area contributed by atoms with Crippen molar-refractivity contribution in [1.82, 2.24) is 0 Å². The molecule has 0 bridgehead atoms. The Morgan fingerprint density at radius 2 is 2.00 bits per heavy atom. The quantitative estimate of drug-likeness (QED) is 0.586. The zero-order valence-electron chi connectivity index (χ0n) is 9.63. The number of hydrogen-bond acceptors (Lipinski definition) is 5. The molecule has 5 heteroatoms. The molecule has 0 radical (unpaired) electrons. The molecule has 1 aromatic rings. The van der Waals surface area contributed by atoms with E-state index in [0.29, 0.717) is 12.0 Å². The summed E-state index contributed by atoms with van der Waals surface area (Å²) in [5.41, 5.74) is 0.374. The van der Waals surface area contributed by atoms with Crippen molar-refractivity contribution >= 4 is 17.7 Å².